The molecule has 3 rings (SSSR count). The second-order valence-corrected chi connectivity index (χ2v) is 6.17. The summed E-state index contributed by atoms with van der Waals surface area (Å²) in [6.45, 7) is 1.81. The third-order valence-corrected chi connectivity index (χ3v) is 4.72. The van der Waals surface area contributed by atoms with E-state index in [-0.39, 0.29) is 5.91 Å². The van der Waals surface area contributed by atoms with E-state index in [4.69, 9.17) is 9.47 Å². The molecule has 2 heterocycles. The van der Waals surface area contributed by atoms with Crippen molar-refractivity contribution in [3.8, 4) is 22.2 Å². The van der Waals surface area contributed by atoms with Crippen LogP contribution in [0.4, 0.5) is 5.69 Å². The Morgan fingerprint density at radius 3 is 2.68 bits per heavy atom. The van der Waals surface area contributed by atoms with Gasteiger partial charge >= 0.3 is 0 Å². The molecular weight excluding hydrogens is 338 g/mol. The van der Waals surface area contributed by atoms with Gasteiger partial charge in [-0.2, -0.15) is 0 Å². The van der Waals surface area contributed by atoms with E-state index in [1.165, 1.54) is 11.3 Å². The highest BCUT2D eigenvalue weighted by molar-refractivity contribution is 7.17. The summed E-state index contributed by atoms with van der Waals surface area (Å²) in [5, 5.41) is 3.57. The lowest BCUT2D eigenvalue weighted by Gasteiger charge is -2.11. The molecule has 7 heteroatoms. The van der Waals surface area contributed by atoms with E-state index < -0.39 is 0 Å². The molecule has 2 aromatic heterocycles. The fourth-order valence-corrected chi connectivity index (χ4v) is 3.24. The van der Waals surface area contributed by atoms with Crippen molar-refractivity contribution in [2.24, 2.45) is 0 Å². The molecule has 0 unspecified atom stereocenters. The fraction of sp³-hybridized carbons (Fsp3) is 0.167. The van der Waals surface area contributed by atoms with Crippen molar-refractivity contribution in [2.45, 2.75) is 6.92 Å². The number of amides is 1. The summed E-state index contributed by atoms with van der Waals surface area (Å²) in [7, 11) is 3.12. The van der Waals surface area contributed by atoms with Crippen LogP contribution in [0.25, 0.3) is 10.7 Å². The normalized spacial score (nSPS) is 10.4. The zero-order chi connectivity index (χ0) is 17.8. The monoisotopic (exact) mass is 355 g/mol. The lowest BCUT2D eigenvalue weighted by Crippen LogP contribution is -2.12. The first kappa shape index (κ1) is 16.9. The maximum absolute atomic E-state index is 12.7. The number of hydrogen-bond acceptors (Lipinski definition) is 6. The highest BCUT2D eigenvalue weighted by Crippen LogP contribution is 2.31. The molecule has 0 bridgehead atoms. The summed E-state index contributed by atoms with van der Waals surface area (Å²) in [5.41, 5.74) is 1.94. The molecule has 0 radical (unpaired) electrons. The number of benzene rings is 1. The highest BCUT2D eigenvalue weighted by atomic mass is 32.1. The van der Waals surface area contributed by atoms with Crippen molar-refractivity contribution in [1.29, 1.82) is 0 Å². The molecule has 25 heavy (non-hydrogen) atoms. The molecule has 3 aromatic rings. The average Bonchev–Trinajstić information content (AvgIpc) is 3.04. The third-order valence-electron chi connectivity index (χ3n) is 3.54. The van der Waals surface area contributed by atoms with E-state index in [0.717, 1.165) is 5.69 Å². The van der Waals surface area contributed by atoms with Crippen LogP contribution in [0.15, 0.2) is 42.6 Å². The number of rotatable bonds is 5. The first-order valence-electron chi connectivity index (χ1n) is 7.54. The molecule has 128 valence electrons. The van der Waals surface area contributed by atoms with Crippen LogP contribution >= 0.6 is 11.3 Å². The second kappa shape index (κ2) is 7.31. The Kier molecular flexibility index (Phi) is 4.95. The summed E-state index contributed by atoms with van der Waals surface area (Å²) < 4.78 is 10.5. The van der Waals surface area contributed by atoms with Gasteiger partial charge in [-0.1, -0.05) is 6.07 Å². The zero-order valence-corrected chi connectivity index (χ0v) is 14.9. The Balaban J connectivity index is 1.88. The minimum absolute atomic E-state index is 0.247. The standard InChI is InChI=1S/C18H17N3O3S/c1-11-16(25-18(20-11)13-6-4-5-9-19-13)17(22)21-14-10-12(23-2)7-8-15(14)24-3/h4-10H,1-3H3,(H,21,22). The lowest BCUT2D eigenvalue weighted by molar-refractivity contribution is 0.102. The number of carbonyl (C=O) groups excluding carboxylic acids is 1. The quantitative estimate of drug-likeness (QED) is 0.754. The van der Waals surface area contributed by atoms with Gasteiger partial charge in [0, 0.05) is 12.3 Å². The summed E-state index contributed by atoms with van der Waals surface area (Å²) in [6, 6.07) is 10.8. The van der Waals surface area contributed by atoms with Gasteiger partial charge in [0.2, 0.25) is 0 Å². The Morgan fingerprint density at radius 1 is 1.16 bits per heavy atom. The SMILES string of the molecule is COc1ccc(OC)c(NC(=O)c2sc(-c3ccccn3)nc2C)c1. The number of carbonyl (C=O) groups is 1. The van der Waals surface area contributed by atoms with Crippen molar-refractivity contribution in [2.75, 3.05) is 19.5 Å². The number of aromatic nitrogens is 2. The van der Waals surface area contributed by atoms with Crippen LogP contribution in [0.1, 0.15) is 15.4 Å². The van der Waals surface area contributed by atoms with E-state index in [1.807, 2.05) is 18.2 Å². The number of nitrogens with one attached hydrogen (secondary N) is 1. The maximum Gasteiger partial charge on any atom is 0.267 e. The number of ether oxygens (including phenoxy) is 2. The van der Waals surface area contributed by atoms with Crippen molar-refractivity contribution < 1.29 is 14.3 Å². The number of hydrogen-bond donors (Lipinski definition) is 1. The van der Waals surface area contributed by atoms with Gasteiger partial charge in [-0.05, 0) is 31.2 Å². The molecule has 0 atom stereocenters. The van der Waals surface area contributed by atoms with Gasteiger partial charge in [0.05, 0.1) is 31.3 Å². The first-order chi connectivity index (χ1) is 12.1. The van der Waals surface area contributed by atoms with E-state index in [2.05, 4.69) is 15.3 Å². The van der Waals surface area contributed by atoms with Gasteiger partial charge in [0.25, 0.3) is 5.91 Å². The average molecular weight is 355 g/mol. The van der Waals surface area contributed by atoms with Crippen LogP contribution in [0.2, 0.25) is 0 Å². The van der Waals surface area contributed by atoms with Gasteiger partial charge in [-0.15, -0.1) is 11.3 Å². The Labute approximate surface area is 149 Å². The molecule has 0 aliphatic rings. The van der Waals surface area contributed by atoms with Crippen LogP contribution in [0, 0.1) is 6.92 Å². The topological polar surface area (TPSA) is 73.3 Å². The summed E-state index contributed by atoms with van der Waals surface area (Å²) >= 11 is 1.31. The minimum atomic E-state index is -0.247. The molecule has 1 N–H and O–H groups in total. The van der Waals surface area contributed by atoms with E-state index in [0.29, 0.717) is 32.8 Å². The molecule has 0 saturated carbocycles. The Morgan fingerprint density at radius 2 is 2.00 bits per heavy atom. The van der Waals surface area contributed by atoms with Gasteiger partial charge in [0.15, 0.2) is 0 Å². The number of methoxy groups -OCH3 is 2. The highest BCUT2D eigenvalue weighted by Gasteiger charge is 2.18. The van der Waals surface area contributed by atoms with E-state index >= 15 is 0 Å². The predicted octanol–water partition coefficient (Wildman–Crippen LogP) is 3.78. The molecule has 0 saturated heterocycles. The fourth-order valence-electron chi connectivity index (χ4n) is 2.30. The Bertz CT molecular complexity index is 894. The van der Waals surface area contributed by atoms with E-state index in [9.17, 15) is 4.79 Å². The third kappa shape index (κ3) is 3.61. The second-order valence-electron chi connectivity index (χ2n) is 5.17. The number of nitrogens with zero attached hydrogens (tertiary/aromatic N) is 2. The van der Waals surface area contributed by atoms with Crippen molar-refractivity contribution in [3.05, 3.63) is 53.2 Å². The van der Waals surface area contributed by atoms with Crippen LogP contribution in [0.3, 0.4) is 0 Å². The van der Waals surface area contributed by atoms with Gasteiger partial charge in [-0.25, -0.2) is 4.98 Å². The number of thiazole rings is 1. The zero-order valence-electron chi connectivity index (χ0n) is 14.1. The molecule has 1 aromatic carbocycles. The number of pyridine rings is 1. The van der Waals surface area contributed by atoms with Crippen molar-refractivity contribution in [3.63, 3.8) is 0 Å². The largest absolute Gasteiger partial charge is 0.497 e. The number of anilines is 1. The summed E-state index contributed by atoms with van der Waals surface area (Å²) in [6.07, 6.45) is 1.70. The van der Waals surface area contributed by atoms with Gasteiger partial charge in [0.1, 0.15) is 21.4 Å². The maximum atomic E-state index is 12.7. The molecular formula is C18H17N3O3S. The molecule has 0 spiro atoms. The predicted molar refractivity (Wildman–Crippen MR) is 97.6 cm³/mol. The first-order valence-corrected chi connectivity index (χ1v) is 8.36. The van der Waals surface area contributed by atoms with Crippen LogP contribution in [-0.2, 0) is 0 Å². The lowest BCUT2D eigenvalue weighted by atomic mass is 10.2. The van der Waals surface area contributed by atoms with Crippen molar-refractivity contribution in [1.82, 2.24) is 9.97 Å². The van der Waals surface area contributed by atoms with E-state index in [1.54, 1.807) is 45.5 Å². The minimum Gasteiger partial charge on any atom is -0.497 e. The van der Waals surface area contributed by atoms with Gasteiger partial charge in [-0.3, -0.25) is 9.78 Å². The molecule has 6 nitrogen and oxygen atoms in total. The van der Waals surface area contributed by atoms with Crippen LogP contribution < -0.4 is 14.8 Å². The summed E-state index contributed by atoms with van der Waals surface area (Å²) in [4.78, 5) is 22.0. The number of aryl methyl sites for hydroxylation is 1. The smallest absolute Gasteiger partial charge is 0.267 e. The molecule has 0 aliphatic carbocycles. The molecule has 1 amide bonds. The van der Waals surface area contributed by atoms with Crippen LogP contribution in [-0.4, -0.2) is 30.1 Å². The van der Waals surface area contributed by atoms with Crippen molar-refractivity contribution >= 4 is 22.9 Å². The molecule has 0 fully saturated rings. The Hall–Kier alpha value is -2.93. The van der Waals surface area contributed by atoms with Crippen LogP contribution in [0.5, 0.6) is 11.5 Å². The summed E-state index contributed by atoms with van der Waals surface area (Å²) in [5.74, 6) is 0.941. The van der Waals surface area contributed by atoms with Gasteiger partial charge < -0.3 is 14.8 Å². The molecule has 0 aliphatic heterocycles.